The Hall–Kier alpha value is -0.786. The molecule has 174 valence electrons. The predicted molar refractivity (Wildman–Crippen MR) is 130 cm³/mol. The first-order chi connectivity index (χ1) is 14.2. The molecule has 0 aromatic heterocycles. The average Bonchev–Trinajstić information content (AvgIpc) is 3.38. The van der Waals surface area contributed by atoms with E-state index in [4.69, 9.17) is 0 Å². The molecule has 0 fully saturated rings. The van der Waals surface area contributed by atoms with Crippen LogP contribution in [0.2, 0.25) is 0 Å². The third kappa shape index (κ3) is 9.22. The van der Waals surface area contributed by atoms with Gasteiger partial charge in [0.25, 0.3) is 0 Å². The number of hydrogen-bond donors (Lipinski definition) is 0. The molecule has 3 rings (SSSR count). The van der Waals surface area contributed by atoms with E-state index in [0.29, 0.717) is 0 Å². The molecule has 3 aromatic rings. The van der Waals surface area contributed by atoms with Gasteiger partial charge in [0.1, 0.15) is 0 Å². The quantitative estimate of drug-likeness (QED) is 0.309. The van der Waals surface area contributed by atoms with Crippen molar-refractivity contribution in [2.45, 2.75) is 86.0 Å². The second kappa shape index (κ2) is 18.6. The van der Waals surface area contributed by atoms with Gasteiger partial charge in [-0.25, -0.2) is 12.1 Å². The van der Waals surface area contributed by atoms with Crippen LogP contribution in [0.1, 0.15) is 81.2 Å². The molecule has 0 atom stereocenters. The first-order valence-electron chi connectivity index (χ1n) is 11.7. The van der Waals surface area contributed by atoms with Crippen molar-refractivity contribution in [2.75, 3.05) is 0 Å². The summed E-state index contributed by atoms with van der Waals surface area (Å²) in [7, 11) is 0. The van der Waals surface area contributed by atoms with Crippen molar-refractivity contribution in [3.05, 3.63) is 82.4 Å². The molecule has 0 saturated carbocycles. The maximum Gasteiger partial charge on any atom is 4.00 e. The molecule has 0 spiro atoms. The van der Waals surface area contributed by atoms with E-state index in [0.717, 1.165) is 0 Å². The van der Waals surface area contributed by atoms with E-state index in [1.807, 2.05) is 30.3 Å². The van der Waals surface area contributed by atoms with Crippen molar-refractivity contribution in [3.8, 4) is 11.1 Å². The fourth-order valence-corrected chi connectivity index (χ4v) is 4.39. The van der Waals surface area contributed by atoms with E-state index in [9.17, 15) is 0 Å². The summed E-state index contributed by atoms with van der Waals surface area (Å²) in [4.78, 5) is 0. The minimum Gasteiger partial charge on any atom is -1.00 e. The van der Waals surface area contributed by atoms with Crippen LogP contribution < -0.4 is 24.8 Å². The molecule has 0 bridgehead atoms. The van der Waals surface area contributed by atoms with Crippen LogP contribution in [-0.2, 0) is 47.4 Å². The molecule has 32 heavy (non-hydrogen) atoms. The summed E-state index contributed by atoms with van der Waals surface area (Å²) in [5, 5.41) is 0. The largest absolute Gasteiger partial charge is 4.00 e. The zero-order chi connectivity index (χ0) is 21.1. The SMILES string of the molecule is CCCc1c(CCC)c(-c2ccc(C)cc2)[c-](CCC)c1CCC.[Cl-].[Cl-].[Ti+4].c1cc[cH-]c1. The van der Waals surface area contributed by atoms with E-state index < -0.39 is 0 Å². The molecule has 0 N–H and O–H groups in total. The van der Waals surface area contributed by atoms with Crippen LogP contribution in [0.3, 0.4) is 0 Å². The smallest absolute Gasteiger partial charge is 1.00 e. The van der Waals surface area contributed by atoms with E-state index in [1.54, 1.807) is 27.8 Å². The van der Waals surface area contributed by atoms with Crippen molar-refractivity contribution >= 4 is 0 Å². The molecular formula is C29H40Cl2Ti. The Balaban J connectivity index is 0. The molecule has 0 aliphatic carbocycles. The molecule has 0 nitrogen and oxygen atoms in total. The van der Waals surface area contributed by atoms with Crippen LogP contribution in [0.5, 0.6) is 0 Å². The Labute approximate surface area is 225 Å². The molecule has 0 aliphatic rings. The first-order valence-corrected chi connectivity index (χ1v) is 11.7. The molecule has 0 heterocycles. The summed E-state index contributed by atoms with van der Waals surface area (Å²) >= 11 is 0. The Kier molecular flexibility index (Phi) is 19.4. The van der Waals surface area contributed by atoms with Crippen LogP contribution >= 0.6 is 0 Å². The predicted octanol–water partition coefficient (Wildman–Crippen LogP) is 2.60. The molecule has 3 aromatic carbocycles. The average molecular weight is 507 g/mol. The molecular weight excluding hydrogens is 467 g/mol. The molecule has 0 aliphatic heterocycles. The molecule has 0 saturated heterocycles. The van der Waals surface area contributed by atoms with E-state index >= 15 is 0 Å². The summed E-state index contributed by atoms with van der Waals surface area (Å²) < 4.78 is 0. The zero-order valence-electron chi connectivity index (χ0n) is 20.6. The summed E-state index contributed by atoms with van der Waals surface area (Å²) in [5.41, 5.74) is 11.1. The normalized spacial score (nSPS) is 9.66. The van der Waals surface area contributed by atoms with E-state index in [-0.39, 0.29) is 46.5 Å². The van der Waals surface area contributed by atoms with Gasteiger partial charge in [0.05, 0.1) is 0 Å². The fraction of sp³-hybridized carbons (Fsp3) is 0.448. The van der Waals surface area contributed by atoms with Gasteiger partial charge in [0, 0.05) is 0 Å². The number of aryl methyl sites for hydroxylation is 1. The van der Waals surface area contributed by atoms with E-state index in [1.165, 1.54) is 62.5 Å². The molecule has 3 heteroatoms. The van der Waals surface area contributed by atoms with Crippen LogP contribution in [0.15, 0.2) is 54.6 Å². The van der Waals surface area contributed by atoms with Gasteiger partial charge < -0.3 is 24.8 Å². The van der Waals surface area contributed by atoms with Gasteiger partial charge in [-0.05, 0) is 13.3 Å². The van der Waals surface area contributed by atoms with Crippen LogP contribution in [0.25, 0.3) is 11.1 Å². The third-order valence-corrected chi connectivity index (χ3v) is 5.59. The van der Waals surface area contributed by atoms with Crippen molar-refractivity contribution in [1.82, 2.24) is 0 Å². The van der Waals surface area contributed by atoms with E-state index in [2.05, 4.69) is 58.9 Å². The van der Waals surface area contributed by atoms with Gasteiger partial charge in [0.15, 0.2) is 0 Å². The summed E-state index contributed by atoms with van der Waals surface area (Å²) in [6, 6.07) is 19.2. The van der Waals surface area contributed by atoms with Gasteiger partial charge in [-0.1, -0.05) is 108 Å². The Morgan fingerprint density at radius 1 is 0.719 bits per heavy atom. The van der Waals surface area contributed by atoms with Crippen LogP contribution in [0, 0.1) is 6.92 Å². The standard InChI is InChI=1S/C24H35.C5H5.2ClH.Ti/c1-6-10-20-21(11-7-2)23(13-9-4)24(22(20)12-8-3)19-16-14-18(5)15-17-19;1-2-4-5-3-1;;;/h14-17H,6-13H2,1-5H3;1-5H;2*1H;/q2*-1;;;+4/p-2. The van der Waals surface area contributed by atoms with Crippen LogP contribution in [0.4, 0.5) is 0 Å². The first kappa shape index (κ1) is 33.4. The second-order valence-electron chi connectivity index (χ2n) is 8.12. The maximum atomic E-state index is 2.34. The van der Waals surface area contributed by atoms with Crippen molar-refractivity contribution in [2.24, 2.45) is 0 Å². The molecule has 0 unspecified atom stereocenters. The number of benzene rings is 1. The van der Waals surface area contributed by atoms with Crippen LogP contribution in [-0.4, -0.2) is 0 Å². The third-order valence-electron chi connectivity index (χ3n) is 5.59. The van der Waals surface area contributed by atoms with Gasteiger partial charge in [-0.15, -0.1) is 16.7 Å². The Bertz CT molecular complexity index is 763. The summed E-state index contributed by atoms with van der Waals surface area (Å²) in [6.07, 6.45) is 9.89. The van der Waals surface area contributed by atoms with Gasteiger partial charge in [-0.2, -0.15) is 29.3 Å². The van der Waals surface area contributed by atoms with Crippen molar-refractivity contribution in [1.29, 1.82) is 0 Å². The Morgan fingerprint density at radius 2 is 1.25 bits per heavy atom. The number of hydrogen-bond acceptors (Lipinski definition) is 0. The second-order valence-corrected chi connectivity index (χ2v) is 8.12. The van der Waals surface area contributed by atoms with Crippen molar-refractivity contribution < 1.29 is 46.5 Å². The van der Waals surface area contributed by atoms with Gasteiger partial charge >= 0.3 is 21.7 Å². The van der Waals surface area contributed by atoms with Crippen molar-refractivity contribution in [3.63, 3.8) is 0 Å². The zero-order valence-corrected chi connectivity index (χ0v) is 23.7. The Morgan fingerprint density at radius 3 is 1.69 bits per heavy atom. The van der Waals surface area contributed by atoms with Gasteiger partial charge in [0.2, 0.25) is 0 Å². The minimum atomic E-state index is 0. The fourth-order valence-electron chi connectivity index (χ4n) is 4.39. The maximum absolute atomic E-state index is 2.34. The summed E-state index contributed by atoms with van der Waals surface area (Å²) in [6.45, 7) is 11.5. The summed E-state index contributed by atoms with van der Waals surface area (Å²) in [5.74, 6) is 0. The minimum absolute atomic E-state index is 0. The molecule has 0 amide bonds. The number of rotatable bonds is 9. The monoisotopic (exact) mass is 506 g/mol. The topological polar surface area (TPSA) is 0 Å². The molecule has 0 radical (unpaired) electrons. The number of halogens is 2. The van der Waals surface area contributed by atoms with Gasteiger partial charge in [-0.3, -0.25) is 0 Å².